The van der Waals surface area contributed by atoms with Gasteiger partial charge in [-0.1, -0.05) is 38.2 Å². The lowest BCUT2D eigenvalue weighted by atomic mass is 9.94. The Labute approximate surface area is 265 Å². The number of ketones is 1. The number of nitrogens with zero attached hydrogens (tertiary/aromatic N) is 1. The fourth-order valence-corrected chi connectivity index (χ4v) is 6.65. The van der Waals surface area contributed by atoms with Gasteiger partial charge in [0.2, 0.25) is 0 Å². The van der Waals surface area contributed by atoms with Crippen molar-refractivity contribution in [1.82, 2.24) is 5.06 Å². The maximum Gasteiger partial charge on any atom is 0.534 e. The number of ether oxygens (including phenoxy) is 2. The minimum absolute atomic E-state index is 0. The standard InChI is InChI=1S/C13H17NO6.C8H17O3P.C5H8O2.C5H12.H2/c15-10-4-5-11(16)14(10)20-12(17)19-9-3-1-6-13(9)7-2-8-18-13;9-6-2-5-8(10)4-1-3-7(8)11-12;6-4-2-1-3-5(4)7;1-3-5-4-2;/h9H,1-8H2;7,9-10H,1-6,12H2;4,6H,1-3H2;3-5H2,1-2H3;1H/i;;;;1+2. The molecule has 2 heterocycles. The van der Waals surface area contributed by atoms with Crippen LogP contribution in [0.4, 0.5) is 4.79 Å². The molecule has 3 N–H and O–H groups in total. The highest BCUT2D eigenvalue weighted by molar-refractivity contribution is 7.09. The second-order valence-corrected chi connectivity index (χ2v) is 12.4. The highest BCUT2D eigenvalue weighted by Crippen LogP contribution is 2.43. The number of Topliss-reactive ketones (excluding diaryl/α,β-unsaturated/α-hetero) is 1. The summed E-state index contributed by atoms with van der Waals surface area (Å²) in [6.07, 6.45) is 12.7. The summed E-state index contributed by atoms with van der Waals surface area (Å²) in [7, 11) is 2.21. The first-order chi connectivity index (χ1) is 21.1. The van der Waals surface area contributed by atoms with E-state index in [-0.39, 0.29) is 38.9 Å². The molecule has 0 aromatic rings. The minimum atomic E-state index is -1.00. The normalized spacial score (nSPS) is 30.8. The molecule has 6 unspecified atom stereocenters. The third-order valence-electron chi connectivity index (χ3n) is 8.78. The van der Waals surface area contributed by atoms with Gasteiger partial charge >= 0.3 is 6.16 Å². The van der Waals surface area contributed by atoms with Crippen LogP contribution in [0.5, 0.6) is 0 Å². The van der Waals surface area contributed by atoms with Crippen LogP contribution >= 0.6 is 9.47 Å². The van der Waals surface area contributed by atoms with Crippen LogP contribution in [0.2, 0.25) is 0 Å². The van der Waals surface area contributed by atoms with Crippen molar-refractivity contribution < 1.29 is 54.8 Å². The van der Waals surface area contributed by atoms with Gasteiger partial charge in [-0.15, -0.1) is 0 Å². The highest BCUT2D eigenvalue weighted by Gasteiger charge is 2.49. The second-order valence-electron chi connectivity index (χ2n) is 12.1. The summed E-state index contributed by atoms with van der Waals surface area (Å²) in [5, 5.41) is 27.8. The molecule has 2 saturated heterocycles. The van der Waals surface area contributed by atoms with Gasteiger partial charge in [0, 0.05) is 43.4 Å². The van der Waals surface area contributed by atoms with Crippen LogP contribution < -0.4 is 0 Å². The molecule has 3 aliphatic carbocycles. The average molecular weight is 652 g/mol. The van der Waals surface area contributed by atoms with E-state index < -0.39 is 35.3 Å². The number of unbranched alkanes of at least 4 members (excludes halogenated alkanes) is 2. The smallest absolute Gasteiger partial charge is 0.426 e. The Morgan fingerprint density at radius 1 is 0.955 bits per heavy atom. The zero-order chi connectivity index (χ0) is 32.6. The number of aliphatic hydroxyl groups excluding tert-OH is 2. The van der Waals surface area contributed by atoms with Gasteiger partial charge in [0.15, 0.2) is 5.78 Å². The van der Waals surface area contributed by atoms with Crippen molar-refractivity contribution in [2.75, 3.05) is 13.2 Å². The third-order valence-corrected chi connectivity index (χ3v) is 9.11. The predicted molar refractivity (Wildman–Crippen MR) is 166 cm³/mol. The number of aliphatic hydroxyl groups is 3. The van der Waals surface area contributed by atoms with Crippen molar-refractivity contribution in [3.8, 4) is 0 Å². The number of carbonyl (C=O) groups is 4. The second kappa shape index (κ2) is 19.7. The number of hydrogen-bond donors (Lipinski definition) is 3. The molecule has 0 aromatic heterocycles. The quantitative estimate of drug-likeness (QED) is 0.189. The van der Waals surface area contributed by atoms with Crippen LogP contribution in [0.15, 0.2) is 0 Å². The summed E-state index contributed by atoms with van der Waals surface area (Å²) < 4.78 is 16.1. The predicted octanol–water partition coefficient (Wildman–Crippen LogP) is 4.70. The van der Waals surface area contributed by atoms with Crippen LogP contribution in [-0.4, -0.2) is 86.9 Å². The summed E-state index contributed by atoms with van der Waals surface area (Å²) in [6.45, 7) is 5.25. The van der Waals surface area contributed by atoms with Crippen molar-refractivity contribution in [3.63, 3.8) is 0 Å². The molecule has 5 aliphatic rings. The largest absolute Gasteiger partial charge is 0.534 e. The molecule has 0 aromatic carbocycles. The van der Waals surface area contributed by atoms with E-state index in [1.807, 2.05) is 0 Å². The van der Waals surface area contributed by atoms with Gasteiger partial charge in [0.1, 0.15) is 17.8 Å². The zero-order valence-electron chi connectivity index (χ0n) is 26.5. The number of carbonyl (C=O) groups excluding carboxylic acids is 4. The topological polar surface area (TPSA) is 169 Å². The Kier molecular flexibility index (Phi) is 17.3. The van der Waals surface area contributed by atoms with Crippen molar-refractivity contribution >= 4 is 33.2 Å². The number of imide groups is 1. The van der Waals surface area contributed by atoms with Gasteiger partial charge in [-0.25, -0.2) is 4.79 Å². The van der Waals surface area contributed by atoms with E-state index in [0.29, 0.717) is 37.4 Å². The first-order valence-electron chi connectivity index (χ1n) is 16.3. The molecule has 1 spiro atoms. The molecular formula is C31H56NO11P. The molecule has 2 aliphatic heterocycles. The molecule has 13 heteroatoms. The Morgan fingerprint density at radius 3 is 2.07 bits per heavy atom. The summed E-state index contributed by atoms with van der Waals surface area (Å²) >= 11 is 0. The summed E-state index contributed by atoms with van der Waals surface area (Å²) in [4.78, 5) is 49.5. The number of amides is 2. The number of hydroxylamine groups is 2. The van der Waals surface area contributed by atoms with Gasteiger partial charge in [-0.05, 0) is 77.0 Å². The van der Waals surface area contributed by atoms with Crippen molar-refractivity contribution in [1.29, 1.82) is 0 Å². The van der Waals surface area contributed by atoms with Gasteiger partial charge in [-0.3, -0.25) is 19.2 Å². The first kappa shape index (κ1) is 38.5. The first-order valence-corrected chi connectivity index (χ1v) is 16.8. The molecule has 5 rings (SSSR count). The average Bonchev–Trinajstić information content (AvgIpc) is 3.85. The molecule has 12 nitrogen and oxygen atoms in total. The number of rotatable bonds is 8. The monoisotopic (exact) mass is 651 g/mol. The lowest BCUT2D eigenvalue weighted by Crippen LogP contribution is -2.41. The molecule has 44 heavy (non-hydrogen) atoms. The number of hydrogen-bond acceptors (Lipinski definition) is 11. The molecule has 3 saturated carbocycles. The molecule has 2 amide bonds. The molecule has 5 fully saturated rings. The zero-order valence-corrected chi connectivity index (χ0v) is 27.7. The van der Waals surface area contributed by atoms with E-state index in [2.05, 4.69) is 23.3 Å². The Balaban J connectivity index is 0.000000344. The van der Waals surface area contributed by atoms with Gasteiger partial charge in [-0.2, -0.15) is 0 Å². The Hall–Kier alpha value is -1.69. The van der Waals surface area contributed by atoms with E-state index in [0.717, 1.165) is 57.8 Å². The molecular weight excluding hydrogens is 593 g/mol. The SMILES string of the molecule is CCCCC.O=C(OC1CCCC12CCCO2)ON1C(=O)CCC1=O.O=C1CCCC1O.OCCCC1(O)CCCC1OP.[3HH]. The summed E-state index contributed by atoms with van der Waals surface area (Å²) in [6, 6.07) is 0. The van der Waals surface area contributed by atoms with Gasteiger partial charge < -0.3 is 29.3 Å². The lowest BCUT2D eigenvalue weighted by molar-refractivity contribution is -0.182. The highest BCUT2D eigenvalue weighted by atomic mass is 31.0. The van der Waals surface area contributed by atoms with E-state index in [1.54, 1.807) is 0 Å². The maximum absolute atomic E-state index is 11.7. The van der Waals surface area contributed by atoms with E-state index in [4.69, 9.17) is 29.0 Å². The van der Waals surface area contributed by atoms with Crippen LogP contribution in [-0.2, 0) is 33.2 Å². The van der Waals surface area contributed by atoms with Crippen LogP contribution in [0, 0.1) is 0 Å². The minimum Gasteiger partial charge on any atom is -0.426 e. The molecule has 0 bridgehead atoms. The van der Waals surface area contributed by atoms with E-state index >= 15 is 0 Å². The third kappa shape index (κ3) is 11.6. The van der Waals surface area contributed by atoms with Crippen LogP contribution in [0.25, 0.3) is 0 Å². The van der Waals surface area contributed by atoms with Gasteiger partial charge in [0.05, 0.1) is 11.7 Å². The maximum atomic E-state index is 11.7. The summed E-state index contributed by atoms with van der Waals surface area (Å²) in [5.41, 5.74) is -1.08. The van der Waals surface area contributed by atoms with Gasteiger partial charge in [0.25, 0.3) is 11.8 Å². The van der Waals surface area contributed by atoms with Crippen molar-refractivity contribution in [2.45, 2.75) is 159 Å². The van der Waals surface area contributed by atoms with Crippen LogP contribution in [0.3, 0.4) is 0 Å². The Bertz CT molecular complexity index is 896. The molecule has 6 atom stereocenters. The Morgan fingerprint density at radius 2 is 1.59 bits per heavy atom. The summed E-state index contributed by atoms with van der Waals surface area (Å²) in [5.74, 6) is -1.00. The van der Waals surface area contributed by atoms with E-state index in [1.165, 1.54) is 19.3 Å². The molecule has 256 valence electrons. The van der Waals surface area contributed by atoms with Crippen molar-refractivity contribution in [3.05, 3.63) is 0 Å². The fourth-order valence-electron chi connectivity index (χ4n) is 6.26. The lowest BCUT2D eigenvalue weighted by Gasteiger charge is -2.29. The van der Waals surface area contributed by atoms with Crippen molar-refractivity contribution in [2.24, 2.45) is 0 Å². The van der Waals surface area contributed by atoms with E-state index in [9.17, 15) is 24.3 Å². The fraction of sp³-hybridized carbons (Fsp3) is 0.871. The molecule has 0 radical (unpaired) electrons. The van der Waals surface area contributed by atoms with Crippen LogP contribution in [0.1, 0.15) is 131 Å².